The maximum Gasteiger partial charge on any atom is 0.222 e. The zero-order chi connectivity index (χ0) is 9.26. The third kappa shape index (κ3) is 1.85. The number of nitrogens with zero attached hydrogens (tertiary/aromatic N) is 1. The summed E-state index contributed by atoms with van der Waals surface area (Å²) < 4.78 is 0. The zero-order valence-electron chi connectivity index (χ0n) is 7.86. The summed E-state index contributed by atoms with van der Waals surface area (Å²) in [6, 6.07) is 0. The lowest BCUT2D eigenvalue weighted by atomic mass is 10.0. The monoisotopic (exact) mass is 197 g/mol. The summed E-state index contributed by atoms with van der Waals surface area (Å²) in [5.74, 6) is 1.70. The van der Waals surface area contributed by atoms with Crippen molar-refractivity contribution in [1.82, 2.24) is 4.98 Å². The van der Waals surface area contributed by atoms with E-state index in [2.05, 4.69) is 11.9 Å². The van der Waals surface area contributed by atoms with Gasteiger partial charge in [0.1, 0.15) is 0 Å². The Bertz CT molecular complexity index is 284. The van der Waals surface area contributed by atoms with Crippen LogP contribution in [0.5, 0.6) is 5.88 Å². The number of thiazole rings is 1. The molecule has 2 nitrogen and oxygen atoms in total. The lowest BCUT2D eigenvalue weighted by Gasteiger charge is -2.05. The Labute approximate surface area is 82.6 Å². The molecule has 1 fully saturated rings. The largest absolute Gasteiger partial charge is 0.493 e. The average molecular weight is 197 g/mol. The Morgan fingerprint density at radius 3 is 3.00 bits per heavy atom. The molecule has 13 heavy (non-hydrogen) atoms. The van der Waals surface area contributed by atoms with E-state index in [1.807, 2.05) is 0 Å². The van der Waals surface area contributed by atoms with Crippen LogP contribution in [-0.2, 0) is 0 Å². The topological polar surface area (TPSA) is 33.1 Å². The Balaban J connectivity index is 2.03. The van der Waals surface area contributed by atoms with Crippen molar-refractivity contribution in [2.75, 3.05) is 0 Å². The van der Waals surface area contributed by atoms with Gasteiger partial charge in [-0.1, -0.05) is 13.3 Å². The molecule has 1 heterocycles. The molecule has 1 saturated carbocycles. The van der Waals surface area contributed by atoms with Gasteiger partial charge in [0.05, 0.1) is 10.4 Å². The highest BCUT2D eigenvalue weighted by molar-refractivity contribution is 7.09. The maximum atomic E-state index is 9.14. The van der Waals surface area contributed by atoms with Crippen molar-refractivity contribution in [2.24, 2.45) is 5.92 Å². The minimum atomic E-state index is 0.194. The third-order valence-corrected chi connectivity index (χ3v) is 3.97. The van der Waals surface area contributed by atoms with Gasteiger partial charge < -0.3 is 5.11 Å². The molecule has 0 aliphatic heterocycles. The molecule has 0 bridgehead atoms. The standard InChI is InChI=1S/C10H15NOS/c1-2-7-3-4-8(5-7)10-11-9(12)6-13-10/h6-8,12H,2-5H2,1H3. The van der Waals surface area contributed by atoms with E-state index in [9.17, 15) is 0 Å². The van der Waals surface area contributed by atoms with Crippen molar-refractivity contribution < 1.29 is 5.11 Å². The van der Waals surface area contributed by atoms with Gasteiger partial charge in [0.25, 0.3) is 0 Å². The van der Waals surface area contributed by atoms with Gasteiger partial charge in [-0.25, -0.2) is 4.98 Å². The first kappa shape index (κ1) is 9.00. The summed E-state index contributed by atoms with van der Waals surface area (Å²) in [4.78, 5) is 4.14. The molecule has 0 spiro atoms. The highest BCUT2D eigenvalue weighted by atomic mass is 32.1. The third-order valence-electron chi connectivity index (χ3n) is 2.98. The highest BCUT2D eigenvalue weighted by Gasteiger charge is 2.26. The molecule has 2 unspecified atom stereocenters. The molecule has 0 saturated heterocycles. The van der Waals surface area contributed by atoms with Gasteiger partial charge >= 0.3 is 0 Å². The Kier molecular flexibility index (Phi) is 2.54. The van der Waals surface area contributed by atoms with Crippen molar-refractivity contribution in [3.63, 3.8) is 0 Å². The fraction of sp³-hybridized carbons (Fsp3) is 0.700. The molecule has 0 amide bonds. The molecule has 72 valence electrons. The second kappa shape index (κ2) is 3.66. The Hall–Kier alpha value is -0.570. The van der Waals surface area contributed by atoms with Crippen LogP contribution in [0.3, 0.4) is 0 Å². The number of hydrogen-bond acceptors (Lipinski definition) is 3. The van der Waals surface area contributed by atoms with Crippen LogP contribution in [0.1, 0.15) is 43.5 Å². The first-order valence-corrected chi connectivity index (χ1v) is 5.82. The second-order valence-electron chi connectivity index (χ2n) is 3.83. The van der Waals surface area contributed by atoms with Crippen LogP contribution in [0, 0.1) is 5.92 Å². The molecule has 0 radical (unpaired) electrons. The van der Waals surface area contributed by atoms with Gasteiger partial charge in [0, 0.05) is 5.92 Å². The van der Waals surface area contributed by atoms with Crippen molar-refractivity contribution in [2.45, 2.75) is 38.5 Å². The summed E-state index contributed by atoms with van der Waals surface area (Å²) in [5, 5.41) is 12.0. The first-order valence-electron chi connectivity index (χ1n) is 4.94. The molecule has 2 atom stereocenters. The number of aromatic nitrogens is 1. The van der Waals surface area contributed by atoms with E-state index < -0.39 is 0 Å². The molecule has 1 N–H and O–H groups in total. The number of rotatable bonds is 2. The van der Waals surface area contributed by atoms with Gasteiger partial charge in [0.2, 0.25) is 5.88 Å². The number of aromatic hydroxyl groups is 1. The van der Waals surface area contributed by atoms with Crippen molar-refractivity contribution in [3.8, 4) is 5.88 Å². The van der Waals surface area contributed by atoms with E-state index in [0.29, 0.717) is 5.92 Å². The lowest BCUT2D eigenvalue weighted by Crippen LogP contribution is -1.93. The molecular weight excluding hydrogens is 182 g/mol. The number of hydrogen-bond donors (Lipinski definition) is 1. The van der Waals surface area contributed by atoms with Gasteiger partial charge in [0.15, 0.2) is 0 Å². The molecule has 2 rings (SSSR count). The van der Waals surface area contributed by atoms with Gasteiger partial charge in [-0.3, -0.25) is 0 Å². The van der Waals surface area contributed by atoms with Crippen LogP contribution in [0.4, 0.5) is 0 Å². The van der Waals surface area contributed by atoms with Crippen LogP contribution >= 0.6 is 11.3 Å². The van der Waals surface area contributed by atoms with Crippen LogP contribution in [0.15, 0.2) is 5.38 Å². The van der Waals surface area contributed by atoms with E-state index >= 15 is 0 Å². The quantitative estimate of drug-likeness (QED) is 0.790. The fourth-order valence-corrected chi connectivity index (χ4v) is 2.97. The maximum absolute atomic E-state index is 9.14. The fourth-order valence-electron chi connectivity index (χ4n) is 2.14. The minimum absolute atomic E-state index is 0.194. The highest BCUT2D eigenvalue weighted by Crippen LogP contribution is 2.41. The van der Waals surface area contributed by atoms with Crippen LogP contribution in [0.2, 0.25) is 0 Å². The summed E-state index contributed by atoms with van der Waals surface area (Å²) in [6.07, 6.45) is 5.14. The summed E-state index contributed by atoms with van der Waals surface area (Å²) >= 11 is 1.60. The molecule has 1 aromatic rings. The molecule has 1 aromatic heterocycles. The molecule has 1 aliphatic carbocycles. The van der Waals surface area contributed by atoms with E-state index in [4.69, 9.17) is 5.11 Å². The zero-order valence-corrected chi connectivity index (χ0v) is 8.68. The average Bonchev–Trinajstić information content (AvgIpc) is 2.71. The predicted octanol–water partition coefficient (Wildman–Crippen LogP) is 3.14. The van der Waals surface area contributed by atoms with Gasteiger partial charge in [-0.2, -0.15) is 0 Å². The van der Waals surface area contributed by atoms with Gasteiger partial charge in [-0.05, 0) is 25.2 Å². The summed E-state index contributed by atoms with van der Waals surface area (Å²) in [6.45, 7) is 2.26. The van der Waals surface area contributed by atoms with E-state index in [0.717, 1.165) is 10.9 Å². The predicted molar refractivity (Wildman–Crippen MR) is 54.2 cm³/mol. The minimum Gasteiger partial charge on any atom is -0.493 e. The second-order valence-corrected chi connectivity index (χ2v) is 4.72. The Morgan fingerprint density at radius 1 is 1.62 bits per heavy atom. The Morgan fingerprint density at radius 2 is 2.46 bits per heavy atom. The molecule has 0 aromatic carbocycles. The summed E-state index contributed by atoms with van der Waals surface area (Å²) in [7, 11) is 0. The molecule has 1 aliphatic rings. The smallest absolute Gasteiger partial charge is 0.222 e. The first-order chi connectivity index (χ1) is 6.29. The lowest BCUT2D eigenvalue weighted by molar-refractivity contribution is 0.453. The molecular formula is C10H15NOS. The SMILES string of the molecule is CCC1CCC(c2nc(O)cs2)C1. The van der Waals surface area contributed by atoms with Crippen molar-refractivity contribution in [3.05, 3.63) is 10.4 Å². The van der Waals surface area contributed by atoms with E-state index in [-0.39, 0.29) is 5.88 Å². The van der Waals surface area contributed by atoms with E-state index in [1.165, 1.54) is 25.7 Å². The normalized spacial score (nSPS) is 28.1. The van der Waals surface area contributed by atoms with Crippen molar-refractivity contribution >= 4 is 11.3 Å². The van der Waals surface area contributed by atoms with E-state index in [1.54, 1.807) is 16.7 Å². The summed E-state index contributed by atoms with van der Waals surface area (Å²) in [5.41, 5.74) is 0. The van der Waals surface area contributed by atoms with Gasteiger partial charge in [-0.15, -0.1) is 11.3 Å². The molecule has 3 heteroatoms. The van der Waals surface area contributed by atoms with Crippen LogP contribution in [-0.4, -0.2) is 10.1 Å². The van der Waals surface area contributed by atoms with Crippen LogP contribution in [0.25, 0.3) is 0 Å². The van der Waals surface area contributed by atoms with Crippen LogP contribution < -0.4 is 0 Å². The van der Waals surface area contributed by atoms with Crippen molar-refractivity contribution in [1.29, 1.82) is 0 Å².